The van der Waals surface area contributed by atoms with Crippen molar-refractivity contribution in [1.29, 1.82) is 0 Å². The zero-order valence-electron chi connectivity index (χ0n) is 10.6. The lowest BCUT2D eigenvalue weighted by atomic mass is 10.2. The van der Waals surface area contributed by atoms with E-state index in [0.29, 0.717) is 6.61 Å². The lowest BCUT2D eigenvalue weighted by Gasteiger charge is -2.29. The lowest BCUT2D eigenvalue weighted by molar-refractivity contribution is -0.00598. The van der Waals surface area contributed by atoms with Crippen LogP contribution in [0.2, 0.25) is 0 Å². The molecule has 0 aliphatic carbocycles. The maximum Gasteiger partial charge on any atom is 0.338 e. The number of carbonyl (C=O) groups is 1. The molecule has 1 unspecified atom stereocenters. The summed E-state index contributed by atoms with van der Waals surface area (Å²) < 4.78 is 18.9. The van der Waals surface area contributed by atoms with Gasteiger partial charge in [0.25, 0.3) is 0 Å². The number of hydrogen-bond donors (Lipinski definition) is 1. The van der Waals surface area contributed by atoms with Crippen LogP contribution in [-0.4, -0.2) is 54.6 Å². The Morgan fingerprint density at radius 3 is 3.11 bits per heavy atom. The van der Waals surface area contributed by atoms with Crippen molar-refractivity contribution < 1.29 is 19.0 Å². The molecule has 1 aliphatic heterocycles. The second-order valence-corrected chi connectivity index (χ2v) is 5.61. The maximum absolute atomic E-state index is 13.2. The summed E-state index contributed by atoms with van der Waals surface area (Å²) in [6.07, 6.45) is 0.127. The van der Waals surface area contributed by atoms with E-state index in [9.17, 15) is 9.18 Å². The van der Waals surface area contributed by atoms with Gasteiger partial charge in [-0.3, -0.25) is 0 Å². The summed E-state index contributed by atoms with van der Waals surface area (Å²) in [5.41, 5.74) is -0.285. The normalized spacial score (nSPS) is 20.4. The number of morpholine rings is 1. The molecular weight excluding hydrogens is 269 g/mol. The number of thioether (sulfide) groups is 1. The average molecular weight is 285 g/mol. The van der Waals surface area contributed by atoms with Gasteiger partial charge in [-0.25, -0.2) is 9.18 Å². The van der Waals surface area contributed by atoms with E-state index < -0.39 is 11.8 Å². The van der Waals surface area contributed by atoms with Crippen molar-refractivity contribution in [1.82, 2.24) is 4.90 Å². The molecule has 4 nitrogen and oxygen atoms in total. The molecule has 0 bridgehead atoms. The second kappa shape index (κ2) is 6.36. The molecule has 1 aromatic rings. The van der Waals surface area contributed by atoms with Crippen LogP contribution in [-0.2, 0) is 4.74 Å². The van der Waals surface area contributed by atoms with Crippen molar-refractivity contribution in [2.75, 3.05) is 32.5 Å². The number of nitrogens with zero attached hydrogens (tertiary/aromatic N) is 1. The predicted octanol–water partition coefficient (Wildman–Crippen LogP) is 1.95. The van der Waals surface area contributed by atoms with Crippen LogP contribution < -0.4 is 0 Å². The van der Waals surface area contributed by atoms with E-state index in [1.165, 1.54) is 23.9 Å². The first-order valence-electron chi connectivity index (χ1n) is 6.02. The summed E-state index contributed by atoms with van der Waals surface area (Å²) in [4.78, 5) is 13.8. The average Bonchev–Trinajstić information content (AvgIpc) is 2.37. The summed E-state index contributed by atoms with van der Waals surface area (Å²) in [7, 11) is 2.04. The zero-order chi connectivity index (χ0) is 13.8. The van der Waals surface area contributed by atoms with Crippen LogP contribution in [0.3, 0.4) is 0 Å². The first kappa shape index (κ1) is 14.3. The number of likely N-dealkylation sites (N-methyl/N-ethyl adjacent to an activating group) is 1. The van der Waals surface area contributed by atoms with Crippen molar-refractivity contribution in [3.63, 3.8) is 0 Å². The molecule has 1 N–H and O–H groups in total. The van der Waals surface area contributed by atoms with E-state index in [-0.39, 0.29) is 11.7 Å². The van der Waals surface area contributed by atoms with E-state index in [4.69, 9.17) is 9.84 Å². The predicted molar refractivity (Wildman–Crippen MR) is 71.3 cm³/mol. The highest BCUT2D eigenvalue weighted by atomic mass is 32.2. The standard InChI is InChI=1S/C13H16FNO3S/c1-15-4-5-18-9(7-15)8-19-10-2-3-12(14)11(6-10)13(16)17/h2-3,6,9H,4-5,7-8H2,1H3,(H,16,17). The topological polar surface area (TPSA) is 49.8 Å². The monoisotopic (exact) mass is 285 g/mol. The van der Waals surface area contributed by atoms with Crippen LogP contribution >= 0.6 is 11.8 Å². The Labute approximate surface area is 115 Å². The van der Waals surface area contributed by atoms with Crippen molar-refractivity contribution in [3.8, 4) is 0 Å². The number of benzene rings is 1. The molecule has 1 aromatic carbocycles. The van der Waals surface area contributed by atoms with Crippen LogP contribution in [0.25, 0.3) is 0 Å². The number of carboxylic acid groups (broad SMARTS) is 1. The third kappa shape index (κ3) is 3.92. The second-order valence-electron chi connectivity index (χ2n) is 4.51. The molecule has 0 radical (unpaired) electrons. The van der Waals surface area contributed by atoms with Crippen molar-refractivity contribution in [2.45, 2.75) is 11.0 Å². The van der Waals surface area contributed by atoms with Gasteiger partial charge in [-0.1, -0.05) is 0 Å². The number of hydrogen-bond acceptors (Lipinski definition) is 4. The van der Waals surface area contributed by atoms with E-state index >= 15 is 0 Å². The Hall–Kier alpha value is -1.11. The number of ether oxygens (including phenoxy) is 1. The summed E-state index contributed by atoms with van der Waals surface area (Å²) in [6.45, 7) is 2.51. The van der Waals surface area contributed by atoms with Crippen LogP contribution in [0.4, 0.5) is 4.39 Å². The molecule has 19 heavy (non-hydrogen) atoms. The number of halogens is 1. The van der Waals surface area contributed by atoms with Crippen molar-refractivity contribution >= 4 is 17.7 Å². The van der Waals surface area contributed by atoms with Crippen LogP contribution in [0.15, 0.2) is 23.1 Å². The molecule has 1 saturated heterocycles. The number of rotatable bonds is 4. The SMILES string of the molecule is CN1CCOC(CSc2ccc(F)c(C(=O)O)c2)C1. The molecule has 1 atom stereocenters. The molecule has 1 aliphatic rings. The molecule has 2 rings (SSSR count). The third-order valence-electron chi connectivity index (χ3n) is 2.95. The van der Waals surface area contributed by atoms with Gasteiger partial charge in [0, 0.05) is 23.7 Å². The first-order chi connectivity index (χ1) is 9.06. The smallest absolute Gasteiger partial charge is 0.338 e. The van der Waals surface area contributed by atoms with Crippen LogP contribution in [0.5, 0.6) is 0 Å². The highest BCUT2D eigenvalue weighted by molar-refractivity contribution is 7.99. The number of aromatic carboxylic acids is 1. The van der Waals surface area contributed by atoms with Gasteiger partial charge in [0.2, 0.25) is 0 Å². The molecule has 0 amide bonds. The summed E-state index contributed by atoms with van der Waals surface area (Å²) in [6, 6.07) is 4.16. The van der Waals surface area contributed by atoms with Gasteiger partial charge in [-0.05, 0) is 25.2 Å². The van der Waals surface area contributed by atoms with E-state index in [1.807, 2.05) is 7.05 Å². The molecule has 0 saturated carbocycles. The molecule has 104 valence electrons. The summed E-state index contributed by atoms with van der Waals surface area (Å²) in [5.74, 6) is -1.21. The lowest BCUT2D eigenvalue weighted by Crippen LogP contribution is -2.41. The minimum Gasteiger partial charge on any atom is -0.478 e. The van der Waals surface area contributed by atoms with Crippen LogP contribution in [0, 0.1) is 5.82 Å². The Morgan fingerprint density at radius 1 is 1.63 bits per heavy atom. The minimum atomic E-state index is -1.24. The minimum absolute atomic E-state index is 0.127. The van der Waals surface area contributed by atoms with Gasteiger partial charge in [0.05, 0.1) is 18.3 Å². The van der Waals surface area contributed by atoms with Gasteiger partial charge in [0.1, 0.15) is 5.82 Å². The maximum atomic E-state index is 13.2. The fourth-order valence-electron chi connectivity index (χ4n) is 1.91. The Bertz CT molecular complexity index is 469. The molecule has 1 heterocycles. The molecule has 6 heteroatoms. The van der Waals surface area contributed by atoms with Crippen molar-refractivity contribution in [2.24, 2.45) is 0 Å². The van der Waals surface area contributed by atoms with Crippen LogP contribution in [0.1, 0.15) is 10.4 Å². The van der Waals surface area contributed by atoms with Gasteiger partial charge in [-0.2, -0.15) is 0 Å². The fourth-order valence-corrected chi connectivity index (χ4v) is 2.86. The Balaban J connectivity index is 1.96. The van der Waals surface area contributed by atoms with E-state index in [2.05, 4.69) is 4.90 Å². The Kier molecular flexibility index (Phi) is 4.79. The summed E-state index contributed by atoms with van der Waals surface area (Å²) >= 11 is 1.49. The molecular formula is C13H16FNO3S. The van der Waals surface area contributed by atoms with Gasteiger partial charge >= 0.3 is 5.97 Å². The molecule has 1 fully saturated rings. The van der Waals surface area contributed by atoms with Gasteiger partial charge in [-0.15, -0.1) is 11.8 Å². The van der Waals surface area contributed by atoms with Crippen molar-refractivity contribution in [3.05, 3.63) is 29.6 Å². The highest BCUT2D eigenvalue weighted by Gasteiger charge is 2.18. The van der Waals surface area contributed by atoms with E-state index in [0.717, 1.165) is 23.7 Å². The highest BCUT2D eigenvalue weighted by Crippen LogP contribution is 2.23. The third-order valence-corrected chi connectivity index (χ3v) is 4.07. The zero-order valence-corrected chi connectivity index (χ0v) is 11.5. The summed E-state index contributed by atoms with van der Waals surface area (Å²) in [5, 5.41) is 8.86. The molecule has 0 aromatic heterocycles. The van der Waals surface area contributed by atoms with Gasteiger partial charge in [0.15, 0.2) is 0 Å². The quantitative estimate of drug-likeness (QED) is 0.857. The van der Waals surface area contributed by atoms with E-state index in [1.54, 1.807) is 6.07 Å². The molecule has 0 spiro atoms. The largest absolute Gasteiger partial charge is 0.478 e. The van der Waals surface area contributed by atoms with Gasteiger partial charge < -0.3 is 14.7 Å². The fraction of sp³-hybridized carbons (Fsp3) is 0.462. The number of carboxylic acids is 1. The first-order valence-corrected chi connectivity index (χ1v) is 7.00. The Morgan fingerprint density at radius 2 is 2.42 bits per heavy atom.